The van der Waals surface area contributed by atoms with Crippen molar-refractivity contribution in [1.29, 1.82) is 0 Å². The molecule has 0 bridgehead atoms. The largest absolute Gasteiger partial charge is 0.401 e. The number of rotatable bonds is 4. The van der Waals surface area contributed by atoms with Crippen molar-refractivity contribution >= 4 is 6.21 Å². The van der Waals surface area contributed by atoms with Crippen LogP contribution in [0.5, 0.6) is 0 Å². The van der Waals surface area contributed by atoms with Crippen LogP contribution in [0.15, 0.2) is 39.9 Å². The number of aliphatic imine (C=N–C) groups is 1. The van der Waals surface area contributed by atoms with Crippen LogP contribution in [0.4, 0.5) is 0 Å². The van der Waals surface area contributed by atoms with E-state index >= 15 is 0 Å². The van der Waals surface area contributed by atoms with Crippen molar-refractivity contribution in [2.75, 3.05) is 7.05 Å². The maximum Gasteiger partial charge on any atom is 0.251 e. The molecule has 0 aliphatic heterocycles. The molecule has 0 radical (unpaired) electrons. The van der Waals surface area contributed by atoms with Gasteiger partial charge in [-0.1, -0.05) is 13.8 Å². The molecule has 0 aliphatic carbocycles. The van der Waals surface area contributed by atoms with Gasteiger partial charge in [0.1, 0.15) is 0 Å². The Morgan fingerprint density at radius 2 is 2.29 bits per heavy atom. The van der Waals surface area contributed by atoms with Gasteiger partial charge in [0.25, 0.3) is 5.56 Å². The summed E-state index contributed by atoms with van der Waals surface area (Å²) >= 11 is 0. The van der Waals surface area contributed by atoms with E-state index in [1.165, 1.54) is 0 Å². The first kappa shape index (κ1) is 13.2. The highest BCUT2D eigenvalue weighted by atomic mass is 16.1. The first-order chi connectivity index (χ1) is 8.04. The molecule has 1 aromatic heterocycles. The van der Waals surface area contributed by atoms with Gasteiger partial charge in [-0.3, -0.25) is 9.79 Å². The van der Waals surface area contributed by atoms with Crippen LogP contribution in [-0.2, 0) is 6.54 Å². The van der Waals surface area contributed by atoms with Crippen LogP contribution < -0.4 is 11.3 Å². The summed E-state index contributed by atoms with van der Waals surface area (Å²) in [5.41, 5.74) is 7.39. The lowest BCUT2D eigenvalue weighted by molar-refractivity contribution is 0.729. The molecule has 4 heteroatoms. The fraction of sp³-hybridized carbons (Fsp3) is 0.385. The quantitative estimate of drug-likeness (QED) is 0.801. The molecule has 0 saturated carbocycles. The zero-order chi connectivity index (χ0) is 12.8. The van der Waals surface area contributed by atoms with Crippen LogP contribution in [0.25, 0.3) is 0 Å². The number of hydrogen-bond donors (Lipinski definition) is 1. The van der Waals surface area contributed by atoms with Crippen molar-refractivity contribution in [1.82, 2.24) is 4.57 Å². The molecule has 0 amide bonds. The zero-order valence-electron chi connectivity index (χ0n) is 10.6. The van der Waals surface area contributed by atoms with Gasteiger partial charge in [0.05, 0.1) is 6.54 Å². The van der Waals surface area contributed by atoms with E-state index in [2.05, 4.69) is 18.8 Å². The van der Waals surface area contributed by atoms with Crippen molar-refractivity contribution in [3.63, 3.8) is 0 Å². The topological polar surface area (TPSA) is 60.4 Å². The minimum atomic E-state index is -0.0269. The van der Waals surface area contributed by atoms with E-state index in [0.29, 0.717) is 18.2 Å². The Bertz CT molecular complexity index is 484. The fourth-order valence-corrected chi connectivity index (χ4v) is 1.43. The predicted molar refractivity (Wildman–Crippen MR) is 71.5 cm³/mol. The lowest BCUT2D eigenvalue weighted by Gasteiger charge is -2.08. The SMILES string of the molecule is CN=C/C=C(\N)Cn1ccc(C(C)C)cc1=O. The van der Waals surface area contributed by atoms with E-state index < -0.39 is 0 Å². The summed E-state index contributed by atoms with van der Waals surface area (Å²) in [6, 6.07) is 3.61. The highest BCUT2D eigenvalue weighted by Gasteiger charge is 2.02. The minimum absolute atomic E-state index is 0.0269. The van der Waals surface area contributed by atoms with E-state index in [4.69, 9.17) is 5.73 Å². The van der Waals surface area contributed by atoms with Gasteiger partial charge in [-0.05, 0) is 23.6 Å². The number of allylic oxidation sites excluding steroid dienone is 2. The van der Waals surface area contributed by atoms with Crippen LogP contribution in [0.1, 0.15) is 25.3 Å². The molecule has 4 nitrogen and oxygen atoms in total. The molecular weight excluding hydrogens is 214 g/mol. The molecule has 0 unspecified atom stereocenters. The van der Waals surface area contributed by atoms with E-state index in [1.54, 1.807) is 36.2 Å². The summed E-state index contributed by atoms with van der Waals surface area (Å²) in [7, 11) is 1.67. The molecule has 17 heavy (non-hydrogen) atoms. The van der Waals surface area contributed by atoms with Gasteiger partial charge in [0.15, 0.2) is 0 Å². The van der Waals surface area contributed by atoms with Crippen molar-refractivity contribution in [3.8, 4) is 0 Å². The highest BCUT2D eigenvalue weighted by Crippen LogP contribution is 2.10. The van der Waals surface area contributed by atoms with E-state index in [0.717, 1.165) is 5.56 Å². The normalized spacial score (nSPS) is 12.6. The maximum absolute atomic E-state index is 11.8. The average molecular weight is 233 g/mol. The molecular formula is C13H19N3O. The van der Waals surface area contributed by atoms with Gasteiger partial charge >= 0.3 is 0 Å². The number of nitrogens with two attached hydrogens (primary N) is 1. The van der Waals surface area contributed by atoms with Gasteiger partial charge < -0.3 is 10.3 Å². The van der Waals surface area contributed by atoms with Crippen molar-refractivity contribution in [2.24, 2.45) is 10.7 Å². The molecule has 2 N–H and O–H groups in total. The second-order valence-electron chi connectivity index (χ2n) is 4.23. The standard InChI is InChI=1S/C13H19N3O/c1-10(2)11-5-7-16(13(17)8-11)9-12(14)4-6-15-3/h4-8,10H,9,14H2,1-3H3/b12-4-,15-6?. The monoisotopic (exact) mass is 233 g/mol. The van der Waals surface area contributed by atoms with Crippen LogP contribution in [0.3, 0.4) is 0 Å². The molecule has 92 valence electrons. The molecule has 1 heterocycles. The summed E-state index contributed by atoms with van der Waals surface area (Å²) in [5.74, 6) is 0.359. The summed E-state index contributed by atoms with van der Waals surface area (Å²) in [6.07, 6.45) is 5.09. The van der Waals surface area contributed by atoms with Crippen LogP contribution >= 0.6 is 0 Å². The number of nitrogens with zero attached hydrogens (tertiary/aromatic N) is 2. The van der Waals surface area contributed by atoms with Gasteiger partial charge in [0, 0.05) is 31.2 Å². The minimum Gasteiger partial charge on any atom is -0.401 e. The Kier molecular flexibility index (Phi) is 4.69. The molecule has 0 atom stereocenters. The molecule has 1 aromatic rings. The Hall–Kier alpha value is -1.84. The number of hydrogen-bond acceptors (Lipinski definition) is 3. The smallest absolute Gasteiger partial charge is 0.251 e. The Labute approximate surface area is 101 Å². The predicted octanol–water partition coefficient (Wildman–Crippen LogP) is 1.51. The second kappa shape index (κ2) is 6.03. The lowest BCUT2D eigenvalue weighted by Crippen LogP contribution is -2.22. The van der Waals surface area contributed by atoms with Crippen molar-refractivity contribution in [3.05, 3.63) is 46.0 Å². The maximum atomic E-state index is 11.8. The third-order valence-electron chi connectivity index (χ3n) is 2.48. The van der Waals surface area contributed by atoms with Gasteiger partial charge in [-0.25, -0.2) is 0 Å². The van der Waals surface area contributed by atoms with E-state index in [1.807, 2.05) is 6.07 Å². The van der Waals surface area contributed by atoms with Gasteiger partial charge in [-0.2, -0.15) is 0 Å². The first-order valence-electron chi connectivity index (χ1n) is 5.61. The fourth-order valence-electron chi connectivity index (χ4n) is 1.43. The summed E-state index contributed by atoms with van der Waals surface area (Å²) < 4.78 is 1.58. The zero-order valence-corrected chi connectivity index (χ0v) is 10.6. The van der Waals surface area contributed by atoms with Crippen molar-refractivity contribution < 1.29 is 0 Å². The molecule has 0 fully saturated rings. The molecule has 1 rings (SSSR count). The molecule has 0 spiro atoms. The lowest BCUT2D eigenvalue weighted by atomic mass is 10.1. The number of pyridine rings is 1. The Morgan fingerprint density at radius 1 is 1.59 bits per heavy atom. The number of aromatic nitrogens is 1. The van der Waals surface area contributed by atoms with Gasteiger partial charge in [0.2, 0.25) is 0 Å². The Balaban J connectivity index is 2.90. The van der Waals surface area contributed by atoms with Gasteiger partial charge in [-0.15, -0.1) is 0 Å². The Morgan fingerprint density at radius 3 is 2.82 bits per heavy atom. The molecule has 0 aromatic carbocycles. The van der Waals surface area contributed by atoms with E-state index in [-0.39, 0.29) is 5.56 Å². The van der Waals surface area contributed by atoms with Crippen LogP contribution in [0.2, 0.25) is 0 Å². The third-order valence-corrected chi connectivity index (χ3v) is 2.48. The second-order valence-corrected chi connectivity index (χ2v) is 4.23. The molecule has 0 aliphatic rings. The van der Waals surface area contributed by atoms with E-state index in [9.17, 15) is 4.79 Å². The average Bonchev–Trinajstić information content (AvgIpc) is 2.28. The summed E-state index contributed by atoms with van der Waals surface area (Å²) in [4.78, 5) is 15.6. The highest BCUT2D eigenvalue weighted by molar-refractivity contribution is 5.71. The van der Waals surface area contributed by atoms with Crippen LogP contribution in [0, 0.1) is 0 Å². The summed E-state index contributed by atoms with van der Waals surface area (Å²) in [5, 5.41) is 0. The van der Waals surface area contributed by atoms with Crippen molar-refractivity contribution in [2.45, 2.75) is 26.3 Å². The van der Waals surface area contributed by atoms with Crippen LogP contribution in [-0.4, -0.2) is 17.8 Å². The first-order valence-corrected chi connectivity index (χ1v) is 5.61. The third kappa shape index (κ3) is 3.90. The molecule has 0 saturated heterocycles. The summed E-state index contributed by atoms with van der Waals surface area (Å²) in [6.45, 7) is 4.51.